The zero-order valence-corrected chi connectivity index (χ0v) is 9.84. The molecule has 2 rings (SSSR count). The Morgan fingerprint density at radius 1 is 1.61 bits per heavy atom. The molecule has 7 nitrogen and oxygen atoms in total. The molecule has 0 saturated heterocycles. The molecule has 1 aromatic carbocycles. The van der Waals surface area contributed by atoms with Gasteiger partial charge in [0.05, 0.1) is 18.1 Å². The first-order valence-corrected chi connectivity index (χ1v) is 5.56. The minimum Gasteiger partial charge on any atom is -0.500 e. The largest absolute Gasteiger partial charge is 0.500 e. The van der Waals surface area contributed by atoms with E-state index in [1.54, 1.807) is 13.0 Å². The molecule has 0 radical (unpaired) electrons. The molecule has 0 spiro atoms. The van der Waals surface area contributed by atoms with Crippen molar-refractivity contribution < 1.29 is 14.8 Å². The van der Waals surface area contributed by atoms with E-state index in [1.807, 2.05) is 0 Å². The lowest BCUT2D eigenvalue weighted by molar-refractivity contribution is -0.386. The second-order valence-corrected chi connectivity index (χ2v) is 3.69. The number of nitro benzene ring substituents is 1. The number of benzene rings is 1. The topological polar surface area (TPSA) is 97.0 Å². The first-order chi connectivity index (χ1) is 8.63. The number of nitro groups is 1. The van der Waals surface area contributed by atoms with Gasteiger partial charge in [0, 0.05) is 18.2 Å². The molecule has 1 heterocycles. The highest BCUT2D eigenvalue weighted by Crippen LogP contribution is 2.37. The third kappa shape index (κ3) is 2.20. The number of phenolic OH excluding ortho intramolecular Hbond substituents is 1. The lowest BCUT2D eigenvalue weighted by Gasteiger charge is -2.09. The summed E-state index contributed by atoms with van der Waals surface area (Å²) in [6, 6.07) is 2.83. The number of hydrogen-bond acceptors (Lipinski definition) is 6. The van der Waals surface area contributed by atoms with Crippen molar-refractivity contribution >= 4 is 11.5 Å². The molecule has 0 fully saturated rings. The van der Waals surface area contributed by atoms with Gasteiger partial charge in [-0.25, -0.2) is 0 Å². The fraction of sp³-hybridized carbons (Fsp3) is 0.364. The molecule has 0 aliphatic carbocycles. The molecule has 7 heteroatoms. The fourth-order valence-corrected chi connectivity index (χ4v) is 1.73. The van der Waals surface area contributed by atoms with Crippen molar-refractivity contribution in [3.63, 3.8) is 0 Å². The van der Waals surface area contributed by atoms with Gasteiger partial charge in [-0.15, -0.1) is 0 Å². The Balaban J connectivity index is 2.50. The second kappa shape index (κ2) is 4.91. The van der Waals surface area contributed by atoms with Crippen LogP contribution >= 0.6 is 0 Å². The fourth-order valence-electron chi connectivity index (χ4n) is 1.73. The van der Waals surface area contributed by atoms with Crippen LogP contribution in [-0.2, 0) is 0 Å². The highest BCUT2D eigenvalue weighted by Gasteiger charge is 2.22. The Bertz CT molecular complexity index is 513. The predicted molar refractivity (Wildman–Crippen MR) is 65.3 cm³/mol. The minimum absolute atomic E-state index is 0.0955. The Morgan fingerprint density at radius 3 is 2.94 bits per heavy atom. The number of rotatable bonds is 4. The third-order valence-electron chi connectivity index (χ3n) is 2.50. The van der Waals surface area contributed by atoms with E-state index in [0.29, 0.717) is 31.1 Å². The number of nitrogens with one attached hydrogen (secondary N) is 1. The summed E-state index contributed by atoms with van der Waals surface area (Å²) in [6.07, 6.45) is 0. The van der Waals surface area contributed by atoms with Gasteiger partial charge in [0.2, 0.25) is 5.75 Å². The summed E-state index contributed by atoms with van der Waals surface area (Å²) >= 11 is 0. The second-order valence-electron chi connectivity index (χ2n) is 3.69. The van der Waals surface area contributed by atoms with Crippen LogP contribution in [0, 0.1) is 10.1 Å². The van der Waals surface area contributed by atoms with Crippen molar-refractivity contribution in [1.29, 1.82) is 0 Å². The van der Waals surface area contributed by atoms with Crippen LogP contribution in [0.25, 0.3) is 0 Å². The number of nitrogens with zero attached hydrogens (tertiary/aromatic N) is 2. The van der Waals surface area contributed by atoms with E-state index in [0.717, 1.165) is 0 Å². The monoisotopic (exact) mass is 251 g/mol. The summed E-state index contributed by atoms with van der Waals surface area (Å²) in [7, 11) is 0. The van der Waals surface area contributed by atoms with Gasteiger partial charge in [0.25, 0.3) is 0 Å². The number of phenols is 1. The first-order valence-electron chi connectivity index (χ1n) is 5.56. The van der Waals surface area contributed by atoms with Crippen molar-refractivity contribution in [2.75, 3.05) is 19.7 Å². The van der Waals surface area contributed by atoms with E-state index < -0.39 is 10.7 Å². The lowest BCUT2D eigenvalue weighted by Crippen LogP contribution is -2.19. The van der Waals surface area contributed by atoms with E-state index in [4.69, 9.17) is 4.74 Å². The van der Waals surface area contributed by atoms with Crippen LogP contribution in [0.1, 0.15) is 12.5 Å². The van der Waals surface area contributed by atoms with Crippen molar-refractivity contribution in [2.45, 2.75) is 6.92 Å². The maximum absolute atomic E-state index is 10.9. The van der Waals surface area contributed by atoms with E-state index in [1.165, 1.54) is 6.07 Å². The average Bonchev–Trinajstić information content (AvgIpc) is 2.85. The van der Waals surface area contributed by atoms with Gasteiger partial charge in [-0.1, -0.05) is 0 Å². The van der Waals surface area contributed by atoms with E-state index >= 15 is 0 Å². The molecule has 1 aromatic rings. The number of aromatic hydroxyl groups is 1. The molecule has 0 amide bonds. The van der Waals surface area contributed by atoms with Crippen LogP contribution in [0.2, 0.25) is 0 Å². The van der Waals surface area contributed by atoms with Crippen molar-refractivity contribution in [1.82, 2.24) is 5.32 Å². The van der Waals surface area contributed by atoms with Crippen LogP contribution in [0.15, 0.2) is 17.1 Å². The molecule has 18 heavy (non-hydrogen) atoms. The summed E-state index contributed by atoms with van der Waals surface area (Å²) in [5, 5.41) is 23.6. The third-order valence-corrected chi connectivity index (χ3v) is 2.50. The molecule has 96 valence electrons. The van der Waals surface area contributed by atoms with Crippen LogP contribution in [0.5, 0.6) is 11.5 Å². The Labute approximate surface area is 103 Å². The molecule has 0 atom stereocenters. The number of aliphatic imine (C=N–C) groups is 1. The van der Waals surface area contributed by atoms with Crippen LogP contribution in [-0.4, -0.2) is 35.6 Å². The summed E-state index contributed by atoms with van der Waals surface area (Å²) in [5.74, 6) is 0.223. The molecule has 0 saturated carbocycles. The smallest absolute Gasteiger partial charge is 0.315 e. The van der Waals surface area contributed by atoms with Crippen molar-refractivity contribution in [3.8, 4) is 11.5 Å². The number of ether oxygens (including phenoxy) is 1. The lowest BCUT2D eigenvalue weighted by atomic mass is 10.1. The van der Waals surface area contributed by atoms with Crippen LogP contribution in [0.3, 0.4) is 0 Å². The van der Waals surface area contributed by atoms with Crippen LogP contribution in [0.4, 0.5) is 5.69 Å². The minimum atomic E-state index is -0.642. The molecule has 0 unspecified atom stereocenters. The Kier molecular flexibility index (Phi) is 3.31. The molecule has 1 aliphatic heterocycles. The molecule has 0 bridgehead atoms. The van der Waals surface area contributed by atoms with Gasteiger partial charge in [-0.3, -0.25) is 15.1 Å². The molecular formula is C11H13N3O4. The maximum Gasteiger partial charge on any atom is 0.315 e. The van der Waals surface area contributed by atoms with E-state index in [-0.39, 0.29) is 11.4 Å². The van der Waals surface area contributed by atoms with Crippen molar-refractivity contribution in [3.05, 3.63) is 27.8 Å². The van der Waals surface area contributed by atoms with Gasteiger partial charge < -0.3 is 15.2 Å². The molecule has 2 N–H and O–H groups in total. The maximum atomic E-state index is 10.9. The van der Waals surface area contributed by atoms with Gasteiger partial charge in [0.1, 0.15) is 5.84 Å². The normalized spacial score (nSPS) is 13.9. The standard InChI is InChI=1S/C11H13N3O4/c1-2-18-9-6-7(11-12-3-4-13-11)5-8(10(9)15)14(16)17/h5-6,15H,2-4H2,1H3,(H,12,13). The average molecular weight is 251 g/mol. The zero-order valence-electron chi connectivity index (χ0n) is 9.84. The Morgan fingerprint density at radius 2 is 2.39 bits per heavy atom. The van der Waals surface area contributed by atoms with Crippen LogP contribution < -0.4 is 10.1 Å². The molecule has 0 aromatic heterocycles. The van der Waals surface area contributed by atoms with Gasteiger partial charge in [-0.2, -0.15) is 0 Å². The van der Waals surface area contributed by atoms with Gasteiger partial charge >= 0.3 is 5.69 Å². The van der Waals surface area contributed by atoms with E-state index in [2.05, 4.69) is 10.3 Å². The SMILES string of the molecule is CCOc1cc(C2=NCCN2)cc([N+](=O)[O-])c1O. The first kappa shape index (κ1) is 12.2. The zero-order chi connectivity index (χ0) is 13.1. The van der Waals surface area contributed by atoms with E-state index in [9.17, 15) is 15.2 Å². The highest BCUT2D eigenvalue weighted by atomic mass is 16.6. The quantitative estimate of drug-likeness (QED) is 0.615. The number of hydrogen-bond donors (Lipinski definition) is 2. The molecule has 1 aliphatic rings. The summed E-state index contributed by atoms with van der Waals surface area (Å²) in [6.45, 7) is 3.39. The summed E-state index contributed by atoms with van der Waals surface area (Å²) < 4.78 is 5.19. The van der Waals surface area contributed by atoms with Gasteiger partial charge in [0.15, 0.2) is 5.75 Å². The predicted octanol–water partition coefficient (Wildman–Crippen LogP) is 1.05. The molecular weight excluding hydrogens is 238 g/mol. The summed E-state index contributed by atoms with van der Waals surface area (Å²) in [5.41, 5.74) is 0.160. The summed E-state index contributed by atoms with van der Waals surface area (Å²) in [4.78, 5) is 14.4. The van der Waals surface area contributed by atoms with Gasteiger partial charge in [-0.05, 0) is 13.0 Å². The number of amidine groups is 1. The Hall–Kier alpha value is -2.31. The highest BCUT2D eigenvalue weighted by molar-refractivity contribution is 6.01. The van der Waals surface area contributed by atoms with Crippen molar-refractivity contribution in [2.24, 2.45) is 4.99 Å².